The lowest BCUT2D eigenvalue weighted by Crippen LogP contribution is -1.80. The molecule has 0 fully saturated rings. The summed E-state index contributed by atoms with van der Waals surface area (Å²) in [6, 6.07) is 11.2. The Bertz CT molecular complexity index is 297. The van der Waals surface area contributed by atoms with Gasteiger partial charge in [0.15, 0.2) is 0 Å². The van der Waals surface area contributed by atoms with E-state index in [2.05, 4.69) is 37.3 Å². The third kappa shape index (κ3) is 8.11. The molecule has 0 aromatic heterocycles. The molecule has 0 heterocycles. The largest absolute Gasteiger partial charge is 0.0839 e. The molecule has 0 spiro atoms. The molecule has 99 valence electrons. The van der Waals surface area contributed by atoms with E-state index in [1.807, 2.05) is 12.1 Å². The average molecular weight is 243 g/mol. The zero-order valence-electron chi connectivity index (χ0n) is 11.8. The van der Waals surface area contributed by atoms with Gasteiger partial charge in [0, 0.05) is 0 Å². The minimum Gasteiger partial charge on any atom is -0.0839 e. The second kappa shape index (κ2) is 11.1. The van der Waals surface area contributed by atoms with Crippen molar-refractivity contribution in [3.8, 4) is 0 Å². The summed E-state index contributed by atoms with van der Waals surface area (Å²) in [6.07, 6.45) is 16.9. The lowest BCUT2D eigenvalue weighted by atomic mass is 10.1. The first-order valence-electron chi connectivity index (χ1n) is 7.56. The fourth-order valence-corrected chi connectivity index (χ4v) is 2.13. The van der Waals surface area contributed by atoms with Crippen LogP contribution >= 0.6 is 0 Å². The van der Waals surface area contributed by atoms with Gasteiger partial charge in [-0.1, -0.05) is 88.3 Å². The average Bonchev–Trinajstić information content (AvgIpc) is 2.42. The van der Waals surface area contributed by atoms with Crippen LogP contribution < -0.4 is 0 Å². The van der Waals surface area contributed by atoms with E-state index in [1.165, 1.54) is 63.4 Å². The van der Waals surface area contributed by atoms with Crippen molar-refractivity contribution in [2.45, 2.75) is 64.7 Å². The lowest BCUT2D eigenvalue weighted by Gasteiger charge is -1.99. The number of allylic oxidation sites excluding steroid dienone is 1. The van der Waals surface area contributed by atoms with E-state index in [1.54, 1.807) is 0 Å². The zero-order chi connectivity index (χ0) is 12.9. The summed E-state index contributed by atoms with van der Waals surface area (Å²) in [5.41, 5.74) is 1.29. The molecule has 0 saturated heterocycles. The molecule has 0 atom stereocenters. The molecule has 0 amide bonds. The molecule has 0 saturated carbocycles. The summed E-state index contributed by atoms with van der Waals surface area (Å²) in [5, 5.41) is 0. The third-order valence-corrected chi connectivity index (χ3v) is 3.28. The van der Waals surface area contributed by atoms with Gasteiger partial charge in [-0.05, 0) is 24.5 Å². The van der Waals surface area contributed by atoms with Gasteiger partial charge in [-0.15, -0.1) is 0 Å². The van der Waals surface area contributed by atoms with Gasteiger partial charge < -0.3 is 0 Å². The van der Waals surface area contributed by atoms with Crippen LogP contribution in [-0.2, 0) is 0 Å². The van der Waals surface area contributed by atoms with Gasteiger partial charge >= 0.3 is 0 Å². The van der Waals surface area contributed by atoms with Gasteiger partial charge in [0.05, 0.1) is 0 Å². The van der Waals surface area contributed by atoms with Crippen LogP contribution in [0.5, 0.6) is 0 Å². The molecule has 0 unspecified atom stereocenters. The van der Waals surface area contributed by atoms with Crippen LogP contribution in [0.25, 0.3) is 6.08 Å². The molecule has 0 bridgehead atoms. The number of rotatable bonds is 10. The van der Waals surface area contributed by atoms with E-state index in [9.17, 15) is 0 Å². The SMILES string of the molecule is CCCCCCCCCC/C=C/c1cc[c]cc1. The summed E-state index contributed by atoms with van der Waals surface area (Å²) in [4.78, 5) is 0. The summed E-state index contributed by atoms with van der Waals surface area (Å²) in [6.45, 7) is 2.27. The van der Waals surface area contributed by atoms with Crippen LogP contribution in [0.2, 0.25) is 0 Å². The summed E-state index contributed by atoms with van der Waals surface area (Å²) >= 11 is 0. The summed E-state index contributed by atoms with van der Waals surface area (Å²) < 4.78 is 0. The van der Waals surface area contributed by atoms with E-state index in [0.29, 0.717) is 0 Å². The van der Waals surface area contributed by atoms with Crippen molar-refractivity contribution in [3.05, 3.63) is 42.0 Å². The van der Waals surface area contributed by atoms with E-state index >= 15 is 0 Å². The maximum absolute atomic E-state index is 3.04. The Hall–Kier alpha value is -1.04. The van der Waals surface area contributed by atoms with Crippen LogP contribution in [0.1, 0.15) is 70.3 Å². The highest BCUT2D eigenvalue weighted by Crippen LogP contribution is 2.10. The Morgan fingerprint density at radius 1 is 0.889 bits per heavy atom. The van der Waals surface area contributed by atoms with Crippen molar-refractivity contribution in [1.82, 2.24) is 0 Å². The van der Waals surface area contributed by atoms with Gasteiger partial charge in [-0.25, -0.2) is 0 Å². The molecule has 1 rings (SSSR count). The number of hydrogen-bond acceptors (Lipinski definition) is 0. The second-order valence-corrected chi connectivity index (χ2v) is 5.00. The highest BCUT2D eigenvalue weighted by Gasteiger charge is 1.90. The molecule has 1 radical (unpaired) electrons. The lowest BCUT2D eigenvalue weighted by molar-refractivity contribution is 0.578. The van der Waals surface area contributed by atoms with Crippen LogP contribution in [0.3, 0.4) is 0 Å². The predicted molar refractivity (Wildman–Crippen MR) is 81.5 cm³/mol. The van der Waals surface area contributed by atoms with E-state index in [0.717, 1.165) is 0 Å². The smallest absolute Gasteiger partial charge is 0.0184 e. The molecule has 0 N–H and O–H groups in total. The first-order chi connectivity index (χ1) is 8.93. The standard InChI is InChI=1S/C18H27/c1-2-3-4-5-6-7-8-9-10-12-15-18-16-13-11-14-17-18/h12-17H,2-10H2,1H3/b15-12+. The third-order valence-electron chi connectivity index (χ3n) is 3.28. The molecular formula is C18H27. The maximum Gasteiger partial charge on any atom is -0.0184 e. The number of benzene rings is 1. The minimum absolute atomic E-state index is 1.22. The highest BCUT2D eigenvalue weighted by atomic mass is 14.0. The highest BCUT2D eigenvalue weighted by molar-refractivity contribution is 5.48. The Kier molecular flexibility index (Phi) is 9.24. The van der Waals surface area contributed by atoms with Gasteiger partial charge in [0.25, 0.3) is 0 Å². The van der Waals surface area contributed by atoms with Crippen LogP contribution in [0, 0.1) is 6.07 Å². The number of unbranched alkanes of at least 4 members (excludes halogenated alkanes) is 8. The van der Waals surface area contributed by atoms with Gasteiger partial charge in [-0.3, -0.25) is 0 Å². The van der Waals surface area contributed by atoms with Crippen molar-refractivity contribution in [1.29, 1.82) is 0 Å². The Balaban J connectivity index is 1.91. The van der Waals surface area contributed by atoms with Crippen molar-refractivity contribution < 1.29 is 0 Å². The fraction of sp³-hybridized carbons (Fsp3) is 0.556. The molecular weight excluding hydrogens is 216 g/mol. The van der Waals surface area contributed by atoms with Crippen molar-refractivity contribution in [3.63, 3.8) is 0 Å². The molecule has 18 heavy (non-hydrogen) atoms. The van der Waals surface area contributed by atoms with E-state index < -0.39 is 0 Å². The van der Waals surface area contributed by atoms with Crippen molar-refractivity contribution in [2.24, 2.45) is 0 Å². The van der Waals surface area contributed by atoms with Gasteiger partial charge in [-0.2, -0.15) is 0 Å². The maximum atomic E-state index is 3.04. The Morgan fingerprint density at radius 3 is 2.17 bits per heavy atom. The first-order valence-corrected chi connectivity index (χ1v) is 7.56. The first kappa shape index (κ1) is 15.0. The second-order valence-electron chi connectivity index (χ2n) is 5.00. The van der Waals surface area contributed by atoms with Crippen LogP contribution in [0.15, 0.2) is 30.3 Å². The molecule has 1 aromatic carbocycles. The predicted octanol–water partition coefficient (Wildman–Crippen LogP) is 6.03. The summed E-state index contributed by atoms with van der Waals surface area (Å²) in [7, 11) is 0. The van der Waals surface area contributed by atoms with Crippen LogP contribution in [-0.4, -0.2) is 0 Å². The van der Waals surface area contributed by atoms with E-state index in [-0.39, 0.29) is 0 Å². The minimum atomic E-state index is 1.22. The monoisotopic (exact) mass is 243 g/mol. The van der Waals surface area contributed by atoms with E-state index in [4.69, 9.17) is 0 Å². The normalized spacial score (nSPS) is 11.2. The quantitative estimate of drug-likeness (QED) is 0.440. The molecule has 0 aliphatic rings. The Morgan fingerprint density at radius 2 is 1.50 bits per heavy atom. The zero-order valence-corrected chi connectivity index (χ0v) is 11.8. The Labute approximate surface area is 113 Å². The van der Waals surface area contributed by atoms with Crippen molar-refractivity contribution >= 4 is 6.08 Å². The molecule has 1 aromatic rings. The van der Waals surface area contributed by atoms with Gasteiger partial charge in [0.2, 0.25) is 0 Å². The van der Waals surface area contributed by atoms with Gasteiger partial charge in [0.1, 0.15) is 0 Å². The molecule has 0 aliphatic carbocycles. The van der Waals surface area contributed by atoms with Crippen molar-refractivity contribution in [2.75, 3.05) is 0 Å². The fourth-order valence-electron chi connectivity index (χ4n) is 2.13. The molecule has 0 nitrogen and oxygen atoms in total. The summed E-state index contributed by atoms with van der Waals surface area (Å²) in [5.74, 6) is 0. The molecule has 0 heteroatoms. The molecule has 0 aliphatic heterocycles. The number of hydrogen-bond donors (Lipinski definition) is 0. The topological polar surface area (TPSA) is 0 Å². The van der Waals surface area contributed by atoms with Crippen LogP contribution in [0.4, 0.5) is 0 Å².